The predicted molar refractivity (Wildman–Crippen MR) is 85.3 cm³/mol. The second-order valence-corrected chi connectivity index (χ2v) is 7.03. The zero-order valence-corrected chi connectivity index (χ0v) is 14.2. The van der Waals surface area contributed by atoms with Crippen molar-refractivity contribution in [2.24, 2.45) is 5.41 Å². The van der Waals surface area contributed by atoms with E-state index in [1.165, 1.54) is 0 Å². The Morgan fingerprint density at radius 2 is 2.05 bits per heavy atom. The van der Waals surface area contributed by atoms with Crippen LogP contribution in [-0.4, -0.2) is 17.3 Å². The van der Waals surface area contributed by atoms with Gasteiger partial charge in [0.1, 0.15) is 0 Å². The van der Waals surface area contributed by atoms with Gasteiger partial charge in [0.2, 0.25) is 0 Å². The molecule has 1 aromatic carbocycles. The molecule has 4 heteroatoms. The third-order valence-electron chi connectivity index (χ3n) is 3.17. The number of hydrogen-bond donors (Lipinski definition) is 1. The lowest BCUT2D eigenvalue weighted by Crippen LogP contribution is -2.44. The van der Waals surface area contributed by atoms with Crippen LogP contribution in [0.25, 0.3) is 0 Å². The van der Waals surface area contributed by atoms with Gasteiger partial charge in [0, 0.05) is 22.0 Å². The van der Waals surface area contributed by atoms with Gasteiger partial charge in [-0.05, 0) is 42.5 Å². The Balaban J connectivity index is 2.84. The van der Waals surface area contributed by atoms with Gasteiger partial charge < -0.3 is 5.32 Å². The van der Waals surface area contributed by atoms with Crippen LogP contribution in [0.5, 0.6) is 0 Å². The van der Waals surface area contributed by atoms with Crippen LogP contribution in [0.2, 0.25) is 5.02 Å². The van der Waals surface area contributed by atoms with Gasteiger partial charge in [-0.1, -0.05) is 48.3 Å². The summed E-state index contributed by atoms with van der Waals surface area (Å²) < 4.78 is 0. The topological polar surface area (TPSA) is 29.1 Å². The van der Waals surface area contributed by atoms with E-state index >= 15 is 0 Å². The fourth-order valence-corrected chi connectivity index (χ4v) is 2.43. The number of carbonyl (C=O) groups is 1. The standard InChI is InChI=1S/C15H21BrClNO/c1-10-9-11(5-6-12(10)17)14(19)18-13(7-8-16)15(2,3)4/h5-6,9,13H,7-8H2,1-4H3,(H,18,19). The van der Waals surface area contributed by atoms with Gasteiger partial charge in [-0.15, -0.1) is 0 Å². The Morgan fingerprint density at radius 1 is 1.42 bits per heavy atom. The number of aryl methyl sites for hydroxylation is 1. The van der Waals surface area contributed by atoms with Crippen molar-refractivity contribution in [3.8, 4) is 0 Å². The maximum absolute atomic E-state index is 12.3. The number of nitrogens with one attached hydrogen (secondary N) is 1. The molecule has 0 aromatic heterocycles. The smallest absolute Gasteiger partial charge is 0.251 e. The van der Waals surface area contributed by atoms with Crippen LogP contribution in [-0.2, 0) is 0 Å². The highest BCUT2D eigenvalue weighted by molar-refractivity contribution is 9.09. The Hall–Kier alpha value is -0.540. The molecule has 0 aliphatic carbocycles. The first-order valence-electron chi connectivity index (χ1n) is 6.38. The minimum absolute atomic E-state index is 0.0326. The molecule has 1 atom stereocenters. The summed E-state index contributed by atoms with van der Waals surface area (Å²) in [4.78, 5) is 12.3. The quantitative estimate of drug-likeness (QED) is 0.794. The van der Waals surface area contributed by atoms with Gasteiger partial charge in [0.15, 0.2) is 0 Å². The highest BCUT2D eigenvalue weighted by atomic mass is 79.9. The van der Waals surface area contributed by atoms with Crippen molar-refractivity contribution in [2.45, 2.75) is 40.2 Å². The second-order valence-electron chi connectivity index (χ2n) is 5.83. The van der Waals surface area contributed by atoms with Crippen LogP contribution in [0.3, 0.4) is 0 Å². The Labute approximate surface area is 129 Å². The van der Waals surface area contributed by atoms with E-state index in [-0.39, 0.29) is 17.4 Å². The van der Waals surface area contributed by atoms with E-state index in [4.69, 9.17) is 11.6 Å². The van der Waals surface area contributed by atoms with Crippen LogP contribution in [0, 0.1) is 12.3 Å². The Bertz CT molecular complexity index is 454. The molecular weight excluding hydrogens is 326 g/mol. The Kier molecular flexibility index (Phi) is 5.87. The molecule has 0 saturated heterocycles. The summed E-state index contributed by atoms with van der Waals surface area (Å²) in [6.07, 6.45) is 0.905. The maximum atomic E-state index is 12.3. The molecule has 0 spiro atoms. The molecule has 0 saturated carbocycles. The molecule has 1 N–H and O–H groups in total. The van der Waals surface area contributed by atoms with Gasteiger partial charge in [0.05, 0.1) is 0 Å². The first kappa shape index (κ1) is 16.5. The summed E-state index contributed by atoms with van der Waals surface area (Å²) in [5.74, 6) is -0.0411. The molecule has 106 valence electrons. The van der Waals surface area contributed by atoms with E-state index < -0.39 is 0 Å². The van der Waals surface area contributed by atoms with Gasteiger partial charge in [-0.25, -0.2) is 0 Å². The third kappa shape index (κ3) is 4.81. The normalized spacial score (nSPS) is 13.2. The van der Waals surface area contributed by atoms with E-state index in [0.717, 1.165) is 17.3 Å². The molecular formula is C15H21BrClNO. The zero-order valence-electron chi connectivity index (χ0n) is 11.9. The summed E-state index contributed by atoms with van der Waals surface area (Å²) in [6, 6.07) is 5.49. The molecule has 1 amide bonds. The number of rotatable bonds is 4. The average Bonchev–Trinajstić information content (AvgIpc) is 2.30. The van der Waals surface area contributed by atoms with E-state index in [1.807, 2.05) is 13.0 Å². The molecule has 1 unspecified atom stereocenters. The molecule has 0 aliphatic rings. The lowest BCUT2D eigenvalue weighted by molar-refractivity contribution is 0.0900. The van der Waals surface area contributed by atoms with Gasteiger partial charge >= 0.3 is 0 Å². The molecule has 0 bridgehead atoms. The number of carbonyl (C=O) groups excluding carboxylic acids is 1. The average molecular weight is 347 g/mol. The Morgan fingerprint density at radius 3 is 2.53 bits per heavy atom. The van der Waals surface area contributed by atoms with E-state index in [1.54, 1.807) is 12.1 Å². The van der Waals surface area contributed by atoms with Gasteiger partial charge in [0.25, 0.3) is 5.91 Å². The molecule has 0 aliphatic heterocycles. The van der Waals surface area contributed by atoms with Crippen LogP contribution in [0.15, 0.2) is 18.2 Å². The van der Waals surface area contributed by atoms with Crippen molar-refractivity contribution in [2.75, 3.05) is 5.33 Å². The molecule has 0 heterocycles. The summed E-state index contributed by atoms with van der Waals surface area (Å²) >= 11 is 9.42. The summed E-state index contributed by atoms with van der Waals surface area (Å²) in [7, 11) is 0. The molecule has 1 aromatic rings. The van der Waals surface area contributed by atoms with Crippen LogP contribution in [0.4, 0.5) is 0 Å². The van der Waals surface area contributed by atoms with Crippen LogP contribution in [0.1, 0.15) is 43.1 Å². The highest BCUT2D eigenvalue weighted by Crippen LogP contribution is 2.23. The largest absolute Gasteiger partial charge is 0.349 e. The van der Waals surface area contributed by atoms with Crippen LogP contribution < -0.4 is 5.32 Å². The molecule has 1 rings (SSSR count). The SMILES string of the molecule is Cc1cc(C(=O)NC(CCBr)C(C)(C)C)ccc1Cl. The zero-order chi connectivity index (χ0) is 14.6. The van der Waals surface area contributed by atoms with Gasteiger partial charge in [-0.3, -0.25) is 4.79 Å². The summed E-state index contributed by atoms with van der Waals surface area (Å²) in [5, 5.41) is 4.66. The maximum Gasteiger partial charge on any atom is 0.251 e. The third-order valence-corrected chi connectivity index (χ3v) is 4.05. The number of hydrogen-bond acceptors (Lipinski definition) is 1. The van der Waals surface area contributed by atoms with Crippen molar-refractivity contribution in [1.29, 1.82) is 0 Å². The second kappa shape index (κ2) is 6.76. The number of halogens is 2. The summed E-state index contributed by atoms with van der Waals surface area (Å²) in [6.45, 7) is 8.30. The van der Waals surface area contributed by atoms with E-state index in [0.29, 0.717) is 10.6 Å². The number of alkyl halides is 1. The number of benzene rings is 1. The first-order valence-corrected chi connectivity index (χ1v) is 7.88. The van der Waals surface area contributed by atoms with E-state index in [9.17, 15) is 4.79 Å². The van der Waals surface area contributed by atoms with Crippen molar-refractivity contribution < 1.29 is 4.79 Å². The lowest BCUT2D eigenvalue weighted by atomic mass is 9.85. The lowest BCUT2D eigenvalue weighted by Gasteiger charge is -2.31. The van der Waals surface area contributed by atoms with Crippen molar-refractivity contribution >= 4 is 33.4 Å². The van der Waals surface area contributed by atoms with Crippen molar-refractivity contribution in [3.05, 3.63) is 34.3 Å². The molecule has 0 fully saturated rings. The minimum atomic E-state index is -0.0411. The predicted octanol–water partition coefficient (Wildman–Crippen LogP) is 4.58. The van der Waals surface area contributed by atoms with Crippen molar-refractivity contribution in [3.63, 3.8) is 0 Å². The molecule has 0 radical (unpaired) electrons. The van der Waals surface area contributed by atoms with Crippen molar-refractivity contribution in [1.82, 2.24) is 5.32 Å². The summed E-state index contributed by atoms with van der Waals surface area (Å²) in [5.41, 5.74) is 1.61. The first-order chi connectivity index (χ1) is 8.75. The minimum Gasteiger partial charge on any atom is -0.349 e. The fraction of sp³-hybridized carbons (Fsp3) is 0.533. The van der Waals surface area contributed by atoms with Crippen LogP contribution >= 0.6 is 27.5 Å². The monoisotopic (exact) mass is 345 g/mol. The molecule has 19 heavy (non-hydrogen) atoms. The highest BCUT2D eigenvalue weighted by Gasteiger charge is 2.25. The fourth-order valence-electron chi connectivity index (χ4n) is 1.86. The van der Waals surface area contributed by atoms with E-state index in [2.05, 4.69) is 42.0 Å². The number of amides is 1. The molecule has 2 nitrogen and oxygen atoms in total. The van der Waals surface area contributed by atoms with Gasteiger partial charge in [-0.2, -0.15) is 0 Å².